The molecule has 0 radical (unpaired) electrons. The van der Waals surface area contributed by atoms with E-state index in [0.29, 0.717) is 0 Å². The lowest BCUT2D eigenvalue weighted by atomic mass is 9.78. The zero-order valence-electron chi connectivity index (χ0n) is 25.8. The first-order valence-corrected chi connectivity index (χ1v) is 16.9. The smallest absolute Gasteiger partial charge is 0.0361 e. The van der Waals surface area contributed by atoms with Crippen molar-refractivity contribution >= 4 is 63.8 Å². The lowest BCUT2D eigenvalue weighted by Gasteiger charge is -2.25. The summed E-state index contributed by atoms with van der Waals surface area (Å²) in [6.07, 6.45) is 0. The van der Waals surface area contributed by atoms with Crippen LogP contribution in [0.5, 0.6) is 0 Å². The Morgan fingerprint density at radius 3 is 1.78 bits per heavy atom. The molecule has 1 aliphatic carbocycles. The first-order chi connectivity index (χ1) is 22.6. The molecule has 0 aliphatic heterocycles. The van der Waals surface area contributed by atoms with Gasteiger partial charge in [-0.15, -0.1) is 11.3 Å². The second kappa shape index (κ2) is 9.39. The Labute approximate surface area is 272 Å². The van der Waals surface area contributed by atoms with Crippen molar-refractivity contribution in [3.05, 3.63) is 157 Å². The fraction of sp³-hybridized carbons (Fsp3) is 0.0667. The number of fused-ring (bicyclic) bond motifs is 13. The van der Waals surface area contributed by atoms with Crippen LogP contribution in [-0.2, 0) is 5.41 Å². The van der Waals surface area contributed by atoms with Gasteiger partial charge >= 0.3 is 0 Å². The van der Waals surface area contributed by atoms with E-state index in [-0.39, 0.29) is 5.41 Å². The Hall–Kier alpha value is -5.24. The number of thiophene rings is 1. The van der Waals surface area contributed by atoms with E-state index in [2.05, 4.69) is 159 Å². The van der Waals surface area contributed by atoms with Crippen molar-refractivity contribution in [1.29, 1.82) is 0 Å². The average molecular weight is 603 g/mol. The van der Waals surface area contributed by atoms with Crippen LogP contribution < -0.4 is 0 Å². The van der Waals surface area contributed by atoms with E-state index in [0.717, 1.165) is 0 Å². The minimum absolute atomic E-state index is 0.149. The minimum atomic E-state index is -0.149. The van der Waals surface area contributed by atoms with Gasteiger partial charge in [0.25, 0.3) is 0 Å². The third kappa shape index (κ3) is 3.49. The maximum atomic E-state index is 2.46. The van der Waals surface area contributed by atoms with E-state index in [9.17, 15) is 0 Å². The van der Waals surface area contributed by atoms with Crippen molar-refractivity contribution in [2.45, 2.75) is 19.3 Å². The van der Waals surface area contributed by atoms with Crippen molar-refractivity contribution in [1.82, 2.24) is 0 Å². The molecule has 1 aromatic heterocycles. The van der Waals surface area contributed by atoms with Crippen LogP contribution in [0, 0.1) is 0 Å². The van der Waals surface area contributed by atoms with Gasteiger partial charge in [0.1, 0.15) is 0 Å². The number of rotatable bonds is 2. The second-order valence-electron chi connectivity index (χ2n) is 13.2. The largest absolute Gasteiger partial charge is 0.135 e. The third-order valence-electron chi connectivity index (χ3n) is 10.4. The first-order valence-electron chi connectivity index (χ1n) is 16.1. The monoisotopic (exact) mass is 602 g/mol. The van der Waals surface area contributed by atoms with Crippen molar-refractivity contribution < 1.29 is 0 Å². The van der Waals surface area contributed by atoms with Crippen LogP contribution in [0.4, 0.5) is 0 Å². The summed E-state index contributed by atoms with van der Waals surface area (Å²) in [5.41, 5.74) is 10.5. The molecular formula is C45H30S. The zero-order valence-corrected chi connectivity index (χ0v) is 26.6. The first kappa shape index (κ1) is 26.0. The van der Waals surface area contributed by atoms with Gasteiger partial charge in [-0.1, -0.05) is 135 Å². The SMILES string of the molecule is CC1(C)c2cc(-c3cccc(-c4cccc5sc6ccccc6c45)c3)ccc2-c2ccc3c4ccccc4c4ccccc4c3c21. The number of hydrogen-bond acceptors (Lipinski definition) is 1. The van der Waals surface area contributed by atoms with Gasteiger partial charge in [-0.3, -0.25) is 0 Å². The van der Waals surface area contributed by atoms with E-state index in [1.165, 1.54) is 97.0 Å². The van der Waals surface area contributed by atoms with Gasteiger partial charge in [0.2, 0.25) is 0 Å². The molecule has 0 atom stereocenters. The maximum absolute atomic E-state index is 2.46. The van der Waals surface area contributed by atoms with E-state index in [1.807, 2.05) is 11.3 Å². The van der Waals surface area contributed by atoms with E-state index in [4.69, 9.17) is 0 Å². The summed E-state index contributed by atoms with van der Waals surface area (Å²) in [5, 5.41) is 10.8. The Morgan fingerprint density at radius 1 is 0.391 bits per heavy atom. The van der Waals surface area contributed by atoms with Gasteiger partial charge in [-0.25, -0.2) is 0 Å². The van der Waals surface area contributed by atoms with Crippen LogP contribution in [0.2, 0.25) is 0 Å². The van der Waals surface area contributed by atoms with Crippen LogP contribution >= 0.6 is 11.3 Å². The molecule has 9 aromatic rings. The van der Waals surface area contributed by atoms with Crippen molar-refractivity contribution in [3.63, 3.8) is 0 Å². The standard InChI is InChI=1S/C45H30S/c1-45(2)39-26-28(27-11-9-12-29(25-27)30-18-10-20-41-42(30)38-17-7-8-19-40(38)46-41)21-22-34(39)37-24-23-36-33-15-4-3-13-31(33)32-14-5-6-16-35(32)43(36)44(37)45/h3-26H,1-2H3. The van der Waals surface area contributed by atoms with Crippen LogP contribution in [0.1, 0.15) is 25.0 Å². The molecule has 8 aromatic carbocycles. The van der Waals surface area contributed by atoms with Crippen LogP contribution in [0.15, 0.2) is 146 Å². The molecule has 0 nitrogen and oxygen atoms in total. The van der Waals surface area contributed by atoms with Gasteiger partial charge in [0.05, 0.1) is 0 Å². The predicted octanol–water partition coefficient (Wildman–Crippen LogP) is 13.2. The number of hydrogen-bond donors (Lipinski definition) is 0. The van der Waals surface area contributed by atoms with Crippen molar-refractivity contribution in [2.24, 2.45) is 0 Å². The van der Waals surface area contributed by atoms with Gasteiger partial charge in [0.15, 0.2) is 0 Å². The molecule has 10 rings (SSSR count). The molecule has 0 amide bonds. The van der Waals surface area contributed by atoms with Gasteiger partial charge in [0, 0.05) is 25.6 Å². The summed E-state index contributed by atoms with van der Waals surface area (Å²) >= 11 is 1.88. The Kier molecular flexibility index (Phi) is 5.31. The van der Waals surface area contributed by atoms with Crippen LogP contribution in [0.25, 0.3) is 85.9 Å². The van der Waals surface area contributed by atoms with Gasteiger partial charge in [-0.2, -0.15) is 0 Å². The highest BCUT2D eigenvalue weighted by Gasteiger charge is 2.38. The quantitative estimate of drug-likeness (QED) is 0.173. The predicted molar refractivity (Wildman–Crippen MR) is 200 cm³/mol. The molecule has 0 spiro atoms. The average Bonchev–Trinajstić information content (AvgIpc) is 3.60. The highest BCUT2D eigenvalue weighted by Crippen LogP contribution is 2.54. The number of benzene rings is 8. The van der Waals surface area contributed by atoms with E-state index in [1.54, 1.807) is 0 Å². The normalized spacial score (nSPS) is 13.6. The molecule has 1 aliphatic rings. The molecule has 0 unspecified atom stereocenters. The Balaban J connectivity index is 1.16. The molecule has 1 heterocycles. The summed E-state index contributed by atoms with van der Waals surface area (Å²) in [7, 11) is 0. The molecular weight excluding hydrogens is 573 g/mol. The second-order valence-corrected chi connectivity index (χ2v) is 14.3. The topological polar surface area (TPSA) is 0 Å². The molecule has 1 heteroatoms. The fourth-order valence-corrected chi connectivity index (χ4v) is 9.49. The lowest BCUT2D eigenvalue weighted by molar-refractivity contribution is 0.667. The summed E-state index contributed by atoms with van der Waals surface area (Å²) in [6, 6.07) is 54.4. The molecule has 0 fully saturated rings. The maximum Gasteiger partial charge on any atom is 0.0361 e. The lowest BCUT2D eigenvalue weighted by Crippen LogP contribution is -2.15. The molecule has 0 N–H and O–H groups in total. The molecule has 0 bridgehead atoms. The van der Waals surface area contributed by atoms with Crippen LogP contribution in [-0.4, -0.2) is 0 Å². The summed E-state index contributed by atoms with van der Waals surface area (Å²) < 4.78 is 2.68. The van der Waals surface area contributed by atoms with Crippen molar-refractivity contribution in [2.75, 3.05) is 0 Å². The highest BCUT2D eigenvalue weighted by molar-refractivity contribution is 7.25. The Morgan fingerprint density at radius 2 is 0.978 bits per heavy atom. The molecule has 46 heavy (non-hydrogen) atoms. The molecule has 0 saturated carbocycles. The third-order valence-corrected chi connectivity index (χ3v) is 11.6. The summed E-state index contributed by atoms with van der Waals surface area (Å²) in [4.78, 5) is 0. The Bertz CT molecular complexity index is 2690. The van der Waals surface area contributed by atoms with Gasteiger partial charge < -0.3 is 0 Å². The van der Waals surface area contributed by atoms with Crippen molar-refractivity contribution in [3.8, 4) is 33.4 Å². The molecule has 0 saturated heterocycles. The van der Waals surface area contributed by atoms with E-state index < -0.39 is 0 Å². The fourth-order valence-electron chi connectivity index (χ4n) is 8.36. The van der Waals surface area contributed by atoms with Crippen LogP contribution in [0.3, 0.4) is 0 Å². The summed E-state index contributed by atoms with van der Waals surface area (Å²) in [5.74, 6) is 0. The highest BCUT2D eigenvalue weighted by atomic mass is 32.1. The van der Waals surface area contributed by atoms with E-state index >= 15 is 0 Å². The summed E-state index contributed by atoms with van der Waals surface area (Å²) in [6.45, 7) is 4.84. The zero-order chi connectivity index (χ0) is 30.6. The van der Waals surface area contributed by atoms with Gasteiger partial charge in [-0.05, 0) is 101 Å². The molecule has 216 valence electrons. The minimum Gasteiger partial charge on any atom is -0.135 e.